The summed E-state index contributed by atoms with van der Waals surface area (Å²) >= 11 is 3.54. The number of ether oxygens (including phenoxy) is 3. The van der Waals surface area contributed by atoms with Crippen LogP contribution in [0.1, 0.15) is 178 Å². The number of thiophene rings is 1. The molecule has 1 atom stereocenters. The Bertz CT molecular complexity index is 3910. The number of furan rings is 1. The van der Waals surface area contributed by atoms with E-state index in [1.807, 2.05) is 57.2 Å². The van der Waals surface area contributed by atoms with Crippen molar-refractivity contribution in [2.45, 2.75) is 192 Å². The van der Waals surface area contributed by atoms with Crippen LogP contribution in [0.3, 0.4) is 0 Å². The third-order valence-electron chi connectivity index (χ3n) is 17.0. The van der Waals surface area contributed by atoms with Crippen LogP contribution < -0.4 is 4.74 Å². The Balaban J connectivity index is 0.000000392. The highest BCUT2D eigenvalue weighted by Crippen LogP contribution is 2.30. The molecule has 1 saturated carbocycles. The van der Waals surface area contributed by atoms with Gasteiger partial charge >= 0.3 is 6.18 Å². The van der Waals surface area contributed by atoms with Crippen molar-refractivity contribution in [2.75, 3.05) is 40.3 Å². The molecular formula is C92H124F5NO5S2. The fraction of sp³-hybridized carbons (Fsp3) is 0.413. The second-order valence-electron chi connectivity index (χ2n) is 27.6. The number of aromatic amines is 1. The molecule has 0 bridgehead atoms. The standard InChI is InChI=1S/C12H12.C10H11N.C9H8O.C8H7F3.C8H8F2.C8H10O2.C8H10S.C8H16.C6H8S.C6H14.C5H10O.C4H10O/c1-2-10-7-8-11-5-3-4-6-12(11)9-10;1-2-8-7-11-10-6-4-3-5-9(8)10;1-7-6-8-4-2-3-5-9(8)10-7;1-6-2-4-7(5-3-6)8(9,10)11;1-2-6-3-7(9)5-8(10)4-6;1-6-3-4-8(10-2)7(9)5-6;1-7-3-5-8(9-2)6-4-7;1-7-3-5-8(2)6-4-7;1-2-6-3-4-7-5-6;1-5-6(2,3)4;1-5-2-3-6-4-5;1-3-4-5-2/h3-9H,2H2,1H3;3-7,11H,2H2,1H3;2-6H,1H3;2-5H,1H3;3-5H,2H2,1H3;3-5,9H,1-2H3;3-6H,1-2H3;7-8H,3-6H2,1-2H3;3-5H,2H2,1H3;5H2,1-4H3;5H,2-4H2,1H3;3-4H2,1-2H3. The van der Waals surface area contributed by atoms with E-state index in [4.69, 9.17) is 23.7 Å². The van der Waals surface area contributed by atoms with E-state index in [1.54, 1.807) is 49.3 Å². The van der Waals surface area contributed by atoms with Crippen LogP contribution in [0, 0.1) is 62.5 Å². The molecule has 0 amide bonds. The average Bonchev–Trinajstić information content (AvgIpc) is 1.51. The molecule has 2 aliphatic rings. The lowest BCUT2D eigenvalue weighted by Crippen LogP contribution is -2.08. The third kappa shape index (κ3) is 41.7. The van der Waals surface area contributed by atoms with E-state index in [1.165, 1.54) is 131 Å². The number of phenolic OH excluding ortho intramolecular Hbond substituents is 1. The molecule has 2 fully saturated rings. The number of para-hydroxylation sites is 2. The second kappa shape index (κ2) is 53.1. The zero-order chi connectivity index (χ0) is 78.2. The Morgan fingerprint density at radius 1 is 0.562 bits per heavy atom. The minimum absolute atomic E-state index is 0.197. The molecule has 11 aromatic rings. The summed E-state index contributed by atoms with van der Waals surface area (Å²) in [5, 5.41) is 18.7. The summed E-state index contributed by atoms with van der Waals surface area (Å²) in [7, 11) is 3.24. The number of halogens is 5. The number of nitrogens with one attached hydrogen (secondary N) is 1. The molecule has 6 nitrogen and oxygen atoms in total. The molecule has 1 unspecified atom stereocenters. The van der Waals surface area contributed by atoms with E-state index < -0.39 is 23.4 Å². The van der Waals surface area contributed by atoms with Gasteiger partial charge in [-0.25, -0.2) is 8.78 Å². The zero-order valence-electron chi connectivity index (χ0n) is 66.5. The van der Waals surface area contributed by atoms with Crippen molar-refractivity contribution in [1.29, 1.82) is 0 Å². The van der Waals surface area contributed by atoms with Crippen molar-refractivity contribution in [2.24, 2.45) is 23.2 Å². The molecule has 13 rings (SSSR count). The monoisotopic (exact) mass is 1480 g/mol. The Kier molecular flexibility index (Phi) is 47.3. The number of methoxy groups -OCH3 is 2. The number of H-pyrrole nitrogens is 1. The summed E-state index contributed by atoms with van der Waals surface area (Å²) in [6, 6.07) is 58.1. The van der Waals surface area contributed by atoms with Crippen molar-refractivity contribution < 1.29 is 45.7 Å². The van der Waals surface area contributed by atoms with Gasteiger partial charge in [-0.3, -0.25) is 0 Å². The summed E-state index contributed by atoms with van der Waals surface area (Å²) in [6.45, 7) is 36.9. The van der Waals surface area contributed by atoms with Gasteiger partial charge in [0.2, 0.25) is 0 Å². The van der Waals surface area contributed by atoms with E-state index in [2.05, 4.69) is 208 Å². The van der Waals surface area contributed by atoms with Crippen molar-refractivity contribution in [3.63, 3.8) is 0 Å². The van der Waals surface area contributed by atoms with E-state index in [0.29, 0.717) is 23.1 Å². The highest BCUT2D eigenvalue weighted by Gasteiger charge is 2.29. The van der Waals surface area contributed by atoms with Crippen molar-refractivity contribution in [1.82, 2.24) is 4.98 Å². The first-order chi connectivity index (χ1) is 50.0. The van der Waals surface area contributed by atoms with Crippen LogP contribution in [0.2, 0.25) is 0 Å². The molecule has 13 heteroatoms. The van der Waals surface area contributed by atoms with Crippen LogP contribution in [0.15, 0.2) is 214 Å². The number of aromatic nitrogens is 1. The van der Waals surface area contributed by atoms with Crippen molar-refractivity contribution in [3.8, 4) is 11.5 Å². The van der Waals surface area contributed by atoms with E-state index in [9.17, 15) is 22.0 Å². The molecule has 0 radical (unpaired) electrons. The van der Waals surface area contributed by atoms with Crippen LogP contribution in [0.4, 0.5) is 22.0 Å². The maximum absolute atomic E-state index is 12.4. The smallest absolute Gasteiger partial charge is 0.416 e. The van der Waals surface area contributed by atoms with Crippen LogP contribution in [-0.4, -0.2) is 50.4 Å². The number of phenols is 1. The number of rotatable bonds is 8. The molecule has 1 saturated heterocycles. The number of fused-ring (bicyclic) bond motifs is 3. The Morgan fingerprint density at radius 2 is 1.10 bits per heavy atom. The second-order valence-corrected chi connectivity index (χ2v) is 29.2. The van der Waals surface area contributed by atoms with Crippen molar-refractivity contribution in [3.05, 3.63) is 267 Å². The average molecular weight is 1480 g/mol. The summed E-state index contributed by atoms with van der Waals surface area (Å²) < 4.78 is 80.5. The Morgan fingerprint density at radius 3 is 1.54 bits per heavy atom. The fourth-order valence-electron chi connectivity index (χ4n) is 9.81. The number of aryl methyl sites for hydroxylation is 8. The SMILES string of the molecule is CC1CCC(C)CC1.CC1CCOC1.CCC(C)(C)C.CCCOC.CCc1c[nH]c2ccccc12.CCc1cc(F)cc(F)c1.CCc1ccc2ccccc2c1.CCc1ccsc1.COc1ccc(C)cc1O.CSc1ccc(C)cc1.Cc1cc2ccccc2o1.Cc1ccc(C(F)(F)F)cc1. The van der Waals surface area contributed by atoms with Gasteiger partial charge in [0, 0.05) is 60.4 Å². The fourth-order valence-corrected chi connectivity index (χ4v) is 11.0. The normalized spacial score (nSPS) is 13.9. The highest BCUT2D eigenvalue weighted by atomic mass is 32.2. The molecule has 0 spiro atoms. The molecule has 3 aromatic heterocycles. The first-order valence-corrected chi connectivity index (χ1v) is 39.3. The minimum Gasteiger partial charge on any atom is -0.504 e. The maximum Gasteiger partial charge on any atom is 0.416 e. The van der Waals surface area contributed by atoms with Gasteiger partial charge in [-0.2, -0.15) is 24.5 Å². The quantitative estimate of drug-likeness (QED) is 0.117. The van der Waals surface area contributed by atoms with Crippen LogP contribution in [-0.2, 0) is 41.3 Å². The summed E-state index contributed by atoms with van der Waals surface area (Å²) in [5.74, 6) is 3.55. The van der Waals surface area contributed by atoms with Gasteiger partial charge in [-0.15, -0.1) is 11.8 Å². The van der Waals surface area contributed by atoms with Gasteiger partial charge in [-0.05, 0) is 218 Å². The van der Waals surface area contributed by atoms with E-state index >= 15 is 0 Å². The number of aromatic hydroxyl groups is 1. The molecule has 1 aliphatic heterocycles. The first kappa shape index (κ1) is 93.4. The number of alkyl halides is 3. The largest absolute Gasteiger partial charge is 0.504 e. The molecule has 574 valence electrons. The van der Waals surface area contributed by atoms with Gasteiger partial charge in [0.05, 0.1) is 12.7 Å². The van der Waals surface area contributed by atoms with Gasteiger partial charge in [-0.1, -0.05) is 236 Å². The minimum atomic E-state index is -4.21. The van der Waals surface area contributed by atoms with E-state index in [0.717, 1.165) is 97.5 Å². The lowest BCUT2D eigenvalue weighted by atomic mass is 9.84. The van der Waals surface area contributed by atoms with E-state index in [-0.39, 0.29) is 5.75 Å². The number of thioether (sulfide) groups is 1. The number of benzene rings is 8. The highest BCUT2D eigenvalue weighted by molar-refractivity contribution is 7.98. The summed E-state index contributed by atoms with van der Waals surface area (Å²) in [5.41, 5.74) is 10.3. The zero-order valence-corrected chi connectivity index (χ0v) is 68.2. The first-order valence-electron chi connectivity index (χ1n) is 37.1. The van der Waals surface area contributed by atoms with Crippen LogP contribution in [0.25, 0.3) is 32.6 Å². The molecule has 4 heterocycles. The topological polar surface area (TPSA) is 76.9 Å². The van der Waals surface area contributed by atoms with Gasteiger partial charge in [0.25, 0.3) is 0 Å². The van der Waals surface area contributed by atoms with Gasteiger partial charge < -0.3 is 28.7 Å². The lowest BCUT2D eigenvalue weighted by molar-refractivity contribution is -0.137. The Labute approximate surface area is 637 Å². The van der Waals surface area contributed by atoms with Gasteiger partial charge in [0.1, 0.15) is 23.0 Å². The van der Waals surface area contributed by atoms with Gasteiger partial charge in [0.15, 0.2) is 11.5 Å². The van der Waals surface area contributed by atoms with Crippen molar-refractivity contribution >= 4 is 55.7 Å². The molecule has 8 aromatic carbocycles. The molecule has 1 aliphatic carbocycles. The summed E-state index contributed by atoms with van der Waals surface area (Å²) in [6.07, 6.45) is 13.6. The number of hydrogen-bond donors (Lipinski definition) is 2. The molecule has 105 heavy (non-hydrogen) atoms. The number of hydrogen-bond acceptors (Lipinski definition) is 7. The molecular weight excluding hydrogens is 1360 g/mol. The molecule has 2 N–H and O–H groups in total. The van der Waals surface area contributed by atoms with Crippen LogP contribution >= 0.6 is 23.1 Å². The summed E-state index contributed by atoms with van der Waals surface area (Å²) in [4.78, 5) is 4.57. The third-order valence-corrected chi connectivity index (χ3v) is 18.5. The predicted octanol–water partition coefficient (Wildman–Crippen LogP) is 28.5. The maximum atomic E-state index is 12.4. The predicted molar refractivity (Wildman–Crippen MR) is 443 cm³/mol. The van der Waals surface area contributed by atoms with Crippen LogP contribution in [0.5, 0.6) is 11.5 Å². The Hall–Kier alpha value is -7.68. The lowest BCUT2D eigenvalue weighted by Gasteiger charge is -2.22.